The summed E-state index contributed by atoms with van der Waals surface area (Å²) < 4.78 is 11.9. The molecule has 6 heteroatoms. The first-order chi connectivity index (χ1) is 14.4. The Bertz CT molecular complexity index is 861. The Morgan fingerprint density at radius 1 is 0.621 bits per heavy atom. The fraction of sp³-hybridized carbons (Fsp3) is 0.261. The second kappa shape index (κ2) is 9.80. The molecule has 3 aromatic rings. The number of aromatic nitrogens is 1. The van der Waals surface area contributed by atoms with Gasteiger partial charge in [0.2, 0.25) is 0 Å². The third kappa shape index (κ3) is 5.39. The van der Waals surface area contributed by atoms with E-state index in [1.165, 1.54) is 0 Å². The first-order valence-electron chi connectivity index (χ1n) is 9.95. The van der Waals surface area contributed by atoms with E-state index in [4.69, 9.17) is 14.5 Å². The summed E-state index contributed by atoms with van der Waals surface area (Å²) >= 11 is 0. The zero-order chi connectivity index (χ0) is 19.7. The quantitative estimate of drug-likeness (QED) is 0.544. The van der Waals surface area contributed by atoms with E-state index in [9.17, 15) is 0 Å². The Hall–Kier alpha value is -3.25. The molecule has 29 heavy (non-hydrogen) atoms. The predicted molar refractivity (Wildman–Crippen MR) is 116 cm³/mol. The van der Waals surface area contributed by atoms with Crippen LogP contribution in [0, 0.1) is 0 Å². The highest BCUT2D eigenvalue weighted by molar-refractivity contribution is 5.57. The molecule has 150 valence electrons. The normalized spacial score (nSPS) is 15.0. The number of fused-ring (bicyclic) bond motifs is 4. The number of pyridine rings is 1. The smallest absolute Gasteiger partial charge is 0.142 e. The fourth-order valence-corrected chi connectivity index (χ4v) is 3.17. The van der Waals surface area contributed by atoms with Gasteiger partial charge in [-0.2, -0.15) is 0 Å². The third-order valence-corrected chi connectivity index (χ3v) is 4.63. The number of hydrogen-bond donors (Lipinski definition) is 3. The lowest BCUT2D eigenvalue weighted by atomic mass is 10.2. The molecular weight excluding hydrogens is 364 g/mol. The van der Waals surface area contributed by atoms with Gasteiger partial charge in [-0.1, -0.05) is 30.3 Å². The maximum atomic E-state index is 5.95. The van der Waals surface area contributed by atoms with Crippen LogP contribution in [-0.2, 0) is 13.1 Å². The van der Waals surface area contributed by atoms with E-state index in [0.29, 0.717) is 26.3 Å². The molecule has 1 aromatic heterocycles. The van der Waals surface area contributed by atoms with Crippen molar-refractivity contribution in [2.24, 2.45) is 0 Å². The second-order valence-electron chi connectivity index (χ2n) is 6.77. The van der Waals surface area contributed by atoms with E-state index in [1.54, 1.807) is 0 Å². The summed E-state index contributed by atoms with van der Waals surface area (Å²) in [6.07, 6.45) is 0. The molecule has 0 radical (unpaired) electrons. The Balaban J connectivity index is 1.53. The van der Waals surface area contributed by atoms with Gasteiger partial charge in [0, 0.05) is 13.1 Å². The van der Waals surface area contributed by atoms with Gasteiger partial charge in [-0.05, 0) is 36.4 Å². The number of rotatable bonds is 0. The van der Waals surface area contributed by atoms with E-state index >= 15 is 0 Å². The van der Waals surface area contributed by atoms with Crippen molar-refractivity contribution in [3.05, 3.63) is 78.1 Å². The molecule has 0 amide bonds. The Labute approximate surface area is 171 Å². The van der Waals surface area contributed by atoms with Crippen molar-refractivity contribution in [3.8, 4) is 11.5 Å². The van der Waals surface area contributed by atoms with Crippen LogP contribution in [0.1, 0.15) is 11.4 Å². The molecule has 1 aliphatic heterocycles. The summed E-state index contributed by atoms with van der Waals surface area (Å²) in [5, 5.41) is 10.2. The van der Waals surface area contributed by atoms with Gasteiger partial charge in [-0.25, -0.2) is 0 Å². The third-order valence-electron chi connectivity index (χ3n) is 4.63. The summed E-state index contributed by atoms with van der Waals surface area (Å²) in [4.78, 5) is 4.76. The van der Waals surface area contributed by atoms with E-state index < -0.39 is 0 Å². The van der Waals surface area contributed by atoms with Crippen molar-refractivity contribution in [2.75, 3.05) is 36.9 Å². The second-order valence-corrected chi connectivity index (χ2v) is 6.77. The van der Waals surface area contributed by atoms with Gasteiger partial charge in [-0.15, -0.1) is 0 Å². The largest absolute Gasteiger partial charge is 0.490 e. The lowest BCUT2D eigenvalue weighted by Crippen LogP contribution is -2.26. The van der Waals surface area contributed by atoms with Gasteiger partial charge in [-0.3, -0.25) is 4.98 Å². The summed E-state index contributed by atoms with van der Waals surface area (Å²) in [7, 11) is 0. The highest BCUT2D eigenvalue weighted by atomic mass is 16.5. The molecule has 0 unspecified atom stereocenters. The summed E-state index contributed by atoms with van der Waals surface area (Å²) in [5.74, 6) is 1.69. The number of nitrogens with one attached hydrogen (secondary N) is 3. The molecule has 0 fully saturated rings. The molecule has 0 atom stereocenters. The van der Waals surface area contributed by atoms with E-state index in [1.807, 2.05) is 66.7 Å². The zero-order valence-corrected chi connectivity index (χ0v) is 16.4. The molecule has 1 aliphatic rings. The average Bonchev–Trinajstić information content (AvgIpc) is 2.77. The standard InChI is InChI=1S/C23H26N4O2/c1-3-10-22-20(8-1)25-16-18-6-5-7-19(27-18)17-26-21-9-2-4-11-23(21)29-15-13-24-12-14-28-22/h1-11,24-26H,12-17H2. The SMILES string of the molecule is c1cc2nc(c1)CNc1ccccc1OCCNCCOc1ccccc1NC2. The molecule has 4 rings (SSSR count). The predicted octanol–water partition coefficient (Wildman–Crippen LogP) is 3.67. The van der Waals surface area contributed by atoms with E-state index in [0.717, 1.165) is 47.4 Å². The Kier molecular flexibility index (Phi) is 6.45. The molecule has 0 spiro atoms. The van der Waals surface area contributed by atoms with Crippen LogP contribution in [0.25, 0.3) is 0 Å². The van der Waals surface area contributed by atoms with Crippen molar-refractivity contribution >= 4 is 11.4 Å². The molecule has 3 N–H and O–H groups in total. The van der Waals surface area contributed by atoms with Crippen LogP contribution >= 0.6 is 0 Å². The Morgan fingerprint density at radius 2 is 1.14 bits per heavy atom. The van der Waals surface area contributed by atoms with Crippen LogP contribution in [0.4, 0.5) is 11.4 Å². The average molecular weight is 390 g/mol. The van der Waals surface area contributed by atoms with Crippen molar-refractivity contribution in [1.82, 2.24) is 10.3 Å². The van der Waals surface area contributed by atoms with E-state index in [-0.39, 0.29) is 0 Å². The summed E-state index contributed by atoms with van der Waals surface area (Å²) in [6.45, 7) is 3.94. The highest BCUT2D eigenvalue weighted by Gasteiger charge is 2.07. The molecule has 2 heterocycles. The van der Waals surface area contributed by atoms with Crippen molar-refractivity contribution < 1.29 is 9.47 Å². The van der Waals surface area contributed by atoms with Crippen LogP contribution < -0.4 is 25.4 Å². The van der Waals surface area contributed by atoms with Crippen LogP contribution in [0.3, 0.4) is 0 Å². The molecule has 0 saturated carbocycles. The van der Waals surface area contributed by atoms with Crippen LogP contribution in [0.15, 0.2) is 66.7 Å². The molecular formula is C23H26N4O2. The molecule has 0 saturated heterocycles. The van der Waals surface area contributed by atoms with Crippen LogP contribution in [0.5, 0.6) is 11.5 Å². The van der Waals surface area contributed by atoms with Crippen molar-refractivity contribution in [1.29, 1.82) is 0 Å². The van der Waals surface area contributed by atoms with Crippen LogP contribution in [-0.4, -0.2) is 31.3 Å². The lowest BCUT2D eigenvalue weighted by molar-refractivity contribution is 0.290. The summed E-state index contributed by atoms with van der Waals surface area (Å²) in [5.41, 5.74) is 3.89. The number of anilines is 2. The lowest BCUT2D eigenvalue weighted by Gasteiger charge is -2.16. The van der Waals surface area contributed by atoms with Crippen molar-refractivity contribution in [2.45, 2.75) is 13.1 Å². The first-order valence-corrected chi connectivity index (χ1v) is 9.95. The minimum atomic E-state index is 0.588. The number of nitrogens with zero attached hydrogens (tertiary/aromatic N) is 1. The van der Waals surface area contributed by atoms with Gasteiger partial charge >= 0.3 is 0 Å². The Morgan fingerprint density at radius 3 is 1.69 bits per heavy atom. The molecule has 2 bridgehead atoms. The first kappa shape index (κ1) is 19.1. The maximum absolute atomic E-state index is 5.95. The van der Waals surface area contributed by atoms with Gasteiger partial charge < -0.3 is 25.4 Å². The fourth-order valence-electron chi connectivity index (χ4n) is 3.17. The number of benzene rings is 2. The van der Waals surface area contributed by atoms with Gasteiger partial charge in [0.15, 0.2) is 0 Å². The van der Waals surface area contributed by atoms with E-state index in [2.05, 4.69) is 16.0 Å². The molecule has 0 aliphatic carbocycles. The van der Waals surface area contributed by atoms with Crippen molar-refractivity contribution in [3.63, 3.8) is 0 Å². The number of ether oxygens (including phenoxy) is 2. The van der Waals surface area contributed by atoms with Gasteiger partial charge in [0.25, 0.3) is 0 Å². The van der Waals surface area contributed by atoms with Gasteiger partial charge in [0.05, 0.1) is 35.9 Å². The number of hydrogen-bond acceptors (Lipinski definition) is 6. The minimum Gasteiger partial charge on any atom is -0.490 e. The van der Waals surface area contributed by atoms with Crippen LogP contribution in [0.2, 0.25) is 0 Å². The molecule has 2 aromatic carbocycles. The molecule has 6 nitrogen and oxygen atoms in total. The van der Waals surface area contributed by atoms with Gasteiger partial charge in [0.1, 0.15) is 24.7 Å². The number of para-hydroxylation sites is 4. The topological polar surface area (TPSA) is 67.4 Å². The highest BCUT2D eigenvalue weighted by Crippen LogP contribution is 2.25. The maximum Gasteiger partial charge on any atom is 0.142 e. The zero-order valence-electron chi connectivity index (χ0n) is 16.4. The summed E-state index contributed by atoms with van der Waals surface area (Å²) in [6, 6.07) is 22.1. The minimum absolute atomic E-state index is 0.588. The monoisotopic (exact) mass is 390 g/mol.